The Balaban J connectivity index is 1.69. The van der Waals surface area contributed by atoms with E-state index in [1.807, 2.05) is 45.0 Å². The number of fused-ring (bicyclic) bond motifs is 2. The van der Waals surface area contributed by atoms with Crippen LogP contribution in [0.1, 0.15) is 45.3 Å². The van der Waals surface area contributed by atoms with Crippen LogP contribution in [0.5, 0.6) is 0 Å². The molecule has 0 amide bonds. The van der Waals surface area contributed by atoms with Gasteiger partial charge in [-0.25, -0.2) is 9.78 Å². The van der Waals surface area contributed by atoms with Crippen LogP contribution in [-0.4, -0.2) is 20.9 Å². The summed E-state index contributed by atoms with van der Waals surface area (Å²) >= 11 is 1.46. The molecule has 6 nitrogen and oxygen atoms in total. The van der Waals surface area contributed by atoms with Gasteiger partial charge in [-0.15, -0.1) is 11.3 Å². The lowest BCUT2D eigenvalue weighted by Crippen LogP contribution is -2.17. The molecular weight excluding hydrogens is 374 g/mol. The van der Waals surface area contributed by atoms with E-state index < -0.39 is 12.1 Å². The largest absolute Gasteiger partial charge is 0.451 e. The van der Waals surface area contributed by atoms with Crippen molar-refractivity contribution in [3.05, 3.63) is 68.2 Å². The first-order chi connectivity index (χ1) is 13.3. The molecule has 0 bridgehead atoms. The van der Waals surface area contributed by atoms with Gasteiger partial charge in [0.25, 0.3) is 5.56 Å². The zero-order valence-electron chi connectivity index (χ0n) is 16.0. The van der Waals surface area contributed by atoms with E-state index in [1.165, 1.54) is 11.3 Å². The lowest BCUT2D eigenvalue weighted by molar-refractivity contribution is 0.0322. The Bertz CT molecular complexity index is 1290. The van der Waals surface area contributed by atoms with Crippen molar-refractivity contribution in [3.63, 3.8) is 0 Å². The van der Waals surface area contributed by atoms with E-state index in [0.717, 1.165) is 27.0 Å². The number of para-hydroxylation sites is 1. The van der Waals surface area contributed by atoms with E-state index in [4.69, 9.17) is 4.74 Å². The van der Waals surface area contributed by atoms with Gasteiger partial charge in [0.05, 0.1) is 16.5 Å². The number of pyridine rings is 1. The normalized spacial score (nSPS) is 12.4. The van der Waals surface area contributed by atoms with Crippen LogP contribution in [0.25, 0.3) is 21.1 Å². The molecule has 4 rings (SSSR count). The zero-order chi connectivity index (χ0) is 20.0. The topological polar surface area (TPSA) is 84.9 Å². The van der Waals surface area contributed by atoms with Gasteiger partial charge in [-0.3, -0.25) is 9.78 Å². The van der Waals surface area contributed by atoms with Crippen LogP contribution < -0.4 is 5.56 Å². The summed E-state index contributed by atoms with van der Waals surface area (Å²) in [6, 6.07) is 9.14. The number of esters is 1. The number of carbonyl (C=O) groups is 1. The molecule has 7 heteroatoms. The highest BCUT2D eigenvalue weighted by Crippen LogP contribution is 2.27. The lowest BCUT2D eigenvalue weighted by atomic mass is 10.1. The van der Waals surface area contributed by atoms with Gasteiger partial charge in [0, 0.05) is 16.0 Å². The molecule has 0 radical (unpaired) electrons. The highest BCUT2D eigenvalue weighted by molar-refractivity contribution is 7.18. The van der Waals surface area contributed by atoms with E-state index in [1.54, 1.807) is 13.0 Å². The van der Waals surface area contributed by atoms with E-state index in [2.05, 4.69) is 15.0 Å². The predicted molar refractivity (Wildman–Crippen MR) is 110 cm³/mol. The Hall–Kier alpha value is -3.06. The summed E-state index contributed by atoms with van der Waals surface area (Å²) in [4.78, 5) is 38.7. The summed E-state index contributed by atoms with van der Waals surface area (Å²) < 4.78 is 5.63. The van der Waals surface area contributed by atoms with Crippen molar-refractivity contribution in [2.45, 2.75) is 33.8 Å². The zero-order valence-corrected chi connectivity index (χ0v) is 16.8. The predicted octanol–water partition coefficient (Wildman–Crippen LogP) is 4.38. The van der Waals surface area contributed by atoms with Crippen LogP contribution >= 0.6 is 11.3 Å². The van der Waals surface area contributed by atoms with Crippen molar-refractivity contribution in [1.29, 1.82) is 0 Å². The number of aryl methyl sites for hydroxylation is 3. The summed E-state index contributed by atoms with van der Waals surface area (Å²) in [6.45, 7) is 7.40. The molecule has 0 saturated heterocycles. The molecule has 142 valence electrons. The van der Waals surface area contributed by atoms with Gasteiger partial charge in [0.15, 0.2) is 11.9 Å². The number of thiophene rings is 1. The van der Waals surface area contributed by atoms with Crippen LogP contribution in [0.15, 0.2) is 35.1 Å². The number of hydrogen-bond acceptors (Lipinski definition) is 6. The van der Waals surface area contributed by atoms with Crippen molar-refractivity contribution in [1.82, 2.24) is 15.0 Å². The number of carbonyl (C=O) groups excluding carboxylic acids is 1. The number of rotatable bonds is 3. The fraction of sp³-hybridized carbons (Fsp3) is 0.238. The number of aromatic nitrogens is 3. The number of benzene rings is 1. The third-order valence-electron chi connectivity index (χ3n) is 4.79. The molecule has 3 aromatic heterocycles. The third-order valence-corrected chi connectivity index (χ3v) is 5.89. The molecule has 0 aliphatic rings. The van der Waals surface area contributed by atoms with Gasteiger partial charge in [0.1, 0.15) is 4.83 Å². The van der Waals surface area contributed by atoms with Crippen molar-refractivity contribution in [3.8, 4) is 0 Å². The molecule has 0 fully saturated rings. The first-order valence-electron chi connectivity index (χ1n) is 8.92. The minimum atomic E-state index is -0.695. The molecule has 0 unspecified atom stereocenters. The van der Waals surface area contributed by atoms with Crippen molar-refractivity contribution >= 4 is 38.4 Å². The SMILES string of the molecule is Cc1cc(C(=O)O[C@H](C)c2nc3sc(C)c(C)c3c(=O)[nH]2)c2ccccc2n1. The number of ether oxygens (including phenoxy) is 1. The van der Waals surface area contributed by atoms with Crippen LogP contribution in [0.3, 0.4) is 0 Å². The molecular formula is C21H19N3O3S. The minimum absolute atomic E-state index is 0.213. The van der Waals surface area contributed by atoms with Gasteiger partial charge in [-0.05, 0) is 45.4 Å². The summed E-state index contributed by atoms with van der Waals surface area (Å²) in [5, 5.41) is 1.33. The van der Waals surface area contributed by atoms with Gasteiger partial charge in [0.2, 0.25) is 0 Å². The Morgan fingerprint density at radius 2 is 1.93 bits per heavy atom. The minimum Gasteiger partial charge on any atom is -0.451 e. The molecule has 0 aliphatic carbocycles. The Morgan fingerprint density at radius 3 is 2.71 bits per heavy atom. The maximum Gasteiger partial charge on any atom is 0.339 e. The third kappa shape index (κ3) is 3.07. The fourth-order valence-corrected chi connectivity index (χ4v) is 4.26. The summed E-state index contributed by atoms with van der Waals surface area (Å²) in [7, 11) is 0. The molecule has 1 aromatic carbocycles. The second kappa shape index (κ2) is 6.83. The van der Waals surface area contributed by atoms with Crippen LogP contribution in [-0.2, 0) is 4.74 Å². The molecule has 1 N–H and O–H groups in total. The van der Waals surface area contributed by atoms with Crippen LogP contribution in [0.2, 0.25) is 0 Å². The highest BCUT2D eigenvalue weighted by atomic mass is 32.1. The second-order valence-electron chi connectivity index (χ2n) is 6.79. The lowest BCUT2D eigenvalue weighted by Gasteiger charge is -2.14. The maximum atomic E-state index is 12.8. The Labute approximate surface area is 165 Å². The number of aromatic amines is 1. The molecule has 4 aromatic rings. The van der Waals surface area contributed by atoms with Crippen molar-refractivity contribution in [2.24, 2.45) is 0 Å². The Kier molecular flexibility index (Phi) is 4.47. The maximum absolute atomic E-state index is 12.8. The summed E-state index contributed by atoms with van der Waals surface area (Å²) in [6.07, 6.45) is -0.695. The quantitative estimate of drug-likeness (QED) is 0.522. The van der Waals surface area contributed by atoms with Gasteiger partial charge < -0.3 is 9.72 Å². The first-order valence-corrected chi connectivity index (χ1v) is 9.74. The average molecular weight is 393 g/mol. The van der Waals surface area contributed by atoms with Crippen molar-refractivity contribution in [2.75, 3.05) is 0 Å². The van der Waals surface area contributed by atoms with Gasteiger partial charge in [-0.1, -0.05) is 18.2 Å². The van der Waals surface area contributed by atoms with Gasteiger partial charge in [-0.2, -0.15) is 0 Å². The molecule has 1 atom stereocenters. The molecule has 0 aliphatic heterocycles. The van der Waals surface area contributed by atoms with Gasteiger partial charge >= 0.3 is 5.97 Å². The molecule has 0 spiro atoms. The van der Waals surface area contributed by atoms with Crippen LogP contribution in [0, 0.1) is 20.8 Å². The number of nitrogens with one attached hydrogen (secondary N) is 1. The van der Waals surface area contributed by atoms with E-state index in [-0.39, 0.29) is 5.56 Å². The number of nitrogens with zero attached hydrogens (tertiary/aromatic N) is 2. The van der Waals surface area contributed by atoms with Crippen LogP contribution in [0.4, 0.5) is 0 Å². The molecule has 28 heavy (non-hydrogen) atoms. The number of hydrogen-bond donors (Lipinski definition) is 1. The second-order valence-corrected chi connectivity index (χ2v) is 7.99. The monoisotopic (exact) mass is 393 g/mol. The standard InChI is InChI=1S/C21H19N3O3S/c1-10-9-15(14-7-5-6-8-16(14)22-10)21(26)27-12(3)18-23-19(25)17-11(2)13(4)28-20(17)24-18/h5-9,12H,1-4H3,(H,23,24,25)/t12-/m1/s1. The van der Waals surface area contributed by atoms with Crippen molar-refractivity contribution < 1.29 is 9.53 Å². The fourth-order valence-electron chi connectivity index (χ4n) is 3.22. The number of H-pyrrole nitrogens is 1. The summed E-state index contributed by atoms with van der Waals surface area (Å²) in [5.41, 5.74) is 2.63. The smallest absolute Gasteiger partial charge is 0.339 e. The molecule has 0 saturated carbocycles. The Morgan fingerprint density at radius 1 is 1.18 bits per heavy atom. The summed E-state index contributed by atoms with van der Waals surface area (Å²) in [5.74, 6) is -0.141. The van der Waals surface area contributed by atoms with E-state index in [0.29, 0.717) is 21.6 Å². The molecule has 3 heterocycles. The average Bonchev–Trinajstić information content (AvgIpc) is 2.95. The van der Waals surface area contributed by atoms with E-state index in [9.17, 15) is 9.59 Å². The first kappa shape index (κ1) is 18.3. The highest BCUT2D eigenvalue weighted by Gasteiger charge is 2.20. The van der Waals surface area contributed by atoms with E-state index >= 15 is 0 Å².